The van der Waals surface area contributed by atoms with Gasteiger partial charge in [0.05, 0.1) is 11.6 Å². The lowest BCUT2D eigenvalue weighted by Crippen LogP contribution is -2.43. The minimum Gasteiger partial charge on any atom is -0.443 e. The summed E-state index contributed by atoms with van der Waals surface area (Å²) in [7, 11) is 0. The van der Waals surface area contributed by atoms with Gasteiger partial charge in [-0.15, -0.1) is 0 Å². The summed E-state index contributed by atoms with van der Waals surface area (Å²) in [6, 6.07) is 11.9. The maximum atomic E-state index is 13.7. The van der Waals surface area contributed by atoms with Gasteiger partial charge in [0, 0.05) is 6.54 Å². The van der Waals surface area contributed by atoms with Gasteiger partial charge in [-0.3, -0.25) is 0 Å². The third kappa shape index (κ3) is 5.43. The van der Waals surface area contributed by atoms with Crippen LogP contribution in [-0.2, 0) is 4.74 Å². The van der Waals surface area contributed by atoms with Gasteiger partial charge in [-0.25, -0.2) is 23.3 Å². The molecule has 0 aromatic heterocycles. The van der Waals surface area contributed by atoms with Crippen molar-refractivity contribution in [1.82, 2.24) is 15.1 Å². The second-order valence-electron chi connectivity index (χ2n) is 8.98. The molecule has 2 atom stereocenters. The van der Waals surface area contributed by atoms with Crippen molar-refractivity contribution in [2.24, 2.45) is 0 Å². The number of rotatable bonds is 6. The zero-order chi connectivity index (χ0) is 24.9. The summed E-state index contributed by atoms with van der Waals surface area (Å²) in [5.41, 5.74) is 2.15. The zero-order valence-corrected chi connectivity index (χ0v) is 19.5. The number of ether oxygens (including phenoxy) is 1. The number of amides is 3. The number of hydrogen-bond acceptors (Lipinski definition) is 5. The van der Waals surface area contributed by atoms with Crippen molar-refractivity contribution in [2.75, 3.05) is 26.2 Å². The van der Waals surface area contributed by atoms with E-state index < -0.39 is 35.9 Å². The van der Waals surface area contributed by atoms with Crippen LogP contribution in [0.5, 0.6) is 0 Å². The normalized spacial score (nSPS) is 21.0. The molecule has 2 saturated heterocycles. The molecule has 0 radical (unpaired) electrons. The monoisotopic (exact) mass is 482 g/mol. The smallest absolute Gasteiger partial charge is 0.419 e. The summed E-state index contributed by atoms with van der Waals surface area (Å²) in [5.74, 6) is -1.67. The minimum absolute atomic E-state index is 0.290. The minimum atomic E-state index is -1.05. The maximum absolute atomic E-state index is 13.7. The van der Waals surface area contributed by atoms with Crippen molar-refractivity contribution in [1.29, 1.82) is 5.26 Å². The highest BCUT2D eigenvalue weighted by atomic mass is 19.2. The number of carbonyl (C=O) groups is 2. The number of carbonyl (C=O) groups excluding carboxylic acids is 2. The van der Waals surface area contributed by atoms with Crippen LogP contribution in [-0.4, -0.2) is 54.2 Å². The molecule has 2 aliphatic rings. The molecule has 2 aromatic carbocycles. The Hall–Kier alpha value is -3.51. The van der Waals surface area contributed by atoms with Crippen LogP contribution in [0.25, 0.3) is 0 Å². The third-order valence-corrected chi connectivity index (χ3v) is 6.75. The van der Waals surface area contributed by atoms with Crippen LogP contribution in [0.3, 0.4) is 0 Å². The molecule has 2 aliphatic heterocycles. The van der Waals surface area contributed by atoms with Crippen molar-refractivity contribution in [2.45, 2.75) is 44.2 Å². The largest absolute Gasteiger partial charge is 0.443 e. The summed E-state index contributed by atoms with van der Waals surface area (Å²) < 4.78 is 32.2. The molecule has 4 rings (SSSR count). The van der Waals surface area contributed by atoms with Crippen molar-refractivity contribution in [3.8, 4) is 6.07 Å². The average molecular weight is 483 g/mol. The van der Waals surface area contributed by atoms with E-state index in [1.807, 2.05) is 24.3 Å². The van der Waals surface area contributed by atoms with Crippen LogP contribution in [0.15, 0.2) is 42.5 Å². The predicted octanol–water partition coefficient (Wildman–Crippen LogP) is 4.70. The number of benzene rings is 2. The lowest BCUT2D eigenvalue weighted by Gasteiger charge is -2.32. The van der Waals surface area contributed by atoms with E-state index >= 15 is 0 Å². The first-order valence-corrected chi connectivity index (χ1v) is 11.8. The van der Waals surface area contributed by atoms with Crippen molar-refractivity contribution < 1.29 is 23.1 Å². The van der Waals surface area contributed by atoms with Gasteiger partial charge in [0.15, 0.2) is 11.6 Å². The fraction of sp³-hybridized carbons (Fsp3) is 0.423. The van der Waals surface area contributed by atoms with Gasteiger partial charge in [-0.2, -0.15) is 5.26 Å². The lowest BCUT2D eigenvalue weighted by molar-refractivity contribution is 0.138. The predicted molar refractivity (Wildman–Crippen MR) is 124 cm³/mol. The fourth-order valence-corrected chi connectivity index (χ4v) is 4.93. The first-order valence-electron chi connectivity index (χ1n) is 11.8. The molecule has 1 N–H and O–H groups in total. The molecule has 184 valence electrons. The van der Waals surface area contributed by atoms with Gasteiger partial charge in [-0.05, 0) is 81.1 Å². The van der Waals surface area contributed by atoms with E-state index in [2.05, 4.69) is 16.3 Å². The first-order chi connectivity index (χ1) is 16.9. The van der Waals surface area contributed by atoms with E-state index in [0.717, 1.165) is 60.6 Å². The van der Waals surface area contributed by atoms with E-state index in [-0.39, 0.29) is 0 Å². The summed E-state index contributed by atoms with van der Waals surface area (Å²) in [6.07, 6.45) is 1.13. The zero-order valence-electron chi connectivity index (χ0n) is 19.5. The van der Waals surface area contributed by atoms with Gasteiger partial charge in [0.2, 0.25) is 0 Å². The van der Waals surface area contributed by atoms with E-state index in [4.69, 9.17) is 4.74 Å². The molecule has 0 bridgehead atoms. The Kier molecular flexibility index (Phi) is 7.61. The molecular formula is C26H28F2N4O3. The average Bonchev–Trinajstić information content (AvgIpc) is 3.17. The third-order valence-electron chi connectivity index (χ3n) is 6.75. The molecule has 7 nitrogen and oxygen atoms in total. The number of nitrogens with one attached hydrogen (secondary N) is 1. The van der Waals surface area contributed by atoms with Crippen LogP contribution in [0.2, 0.25) is 0 Å². The van der Waals surface area contributed by atoms with Gasteiger partial charge < -0.3 is 15.0 Å². The topological polar surface area (TPSA) is 85.7 Å². The van der Waals surface area contributed by atoms with Crippen molar-refractivity contribution in [3.63, 3.8) is 0 Å². The Morgan fingerprint density at radius 2 is 1.91 bits per heavy atom. The highest BCUT2D eigenvalue weighted by Gasteiger charge is 2.44. The molecule has 2 fully saturated rings. The number of urea groups is 1. The number of cyclic esters (lactones) is 1. The number of imide groups is 1. The quantitative estimate of drug-likeness (QED) is 0.604. The molecule has 9 heteroatoms. The standard InChI is InChI=1S/C26H28F2N4O3/c1-17-24(19-7-8-22(27)23(28)15-19)32(26(34)35-17)25(33)30-11-4-12-31-13-9-18(10-14-31)21-6-3-2-5-20(21)16-29/h2-3,5-8,15,17-18,24H,4,9-14H2,1H3,(H,30,33). The van der Waals surface area contributed by atoms with Crippen LogP contribution < -0.4 is 5.32 Å². The highest BCUT2D eigenvalue weighted by Crippen LogP contribution is 2.34. The molecule has 2 aromatic rings. The number of nitrogens with zero attached hydrogens (tertiary/aromatic N) is 3. The number of nitriles is 1. The Balaban J connectivity index is 1.26. The summed E-state index contributed by atoms with van der Waals surface area (Å²) in [4.78, 5) is 28.3. The second kappa shape index (κ2) is 10.8. The highest BCUT2D eigenvalue weighted by molar-refractivity contribution is 5.93. The van der Waals surface area contributed by atoms with Gasteiger partial charge in [0.25, 0.3) is 0 Å². The molecule has 35 heavy (non-hydrogen) atoms. The molecule has 0 aliphatic carbocycles. The Morgan fingerprint density at radius 3 is 2.63 bits per heavy atom. The number of piperidine rings is 1. The van der Waals surface area contributed by atoms with Crippen LogP contribution in [0, 0.1) is 23.0 Å². The SMILES string of the molecule is CC1OC(=O)N(C(=O)NCCCN2CCC(c3ccccc3C#N)CC2)C1c1ccc(F)c(F)c1. The first kappa shape index (κ1) is 24.6. The Morgan fingerprint density at radius 1 is 1.17 bits per heavy atom. The molecule has 2 heterocycles. The summed E-state index contributed by atoms with van der Waals surface area (Å²) in [6.45, 7) is 4.58. The van der Waals surface area contributed by atoms with E-state index in [1.54, 1.807) is 6.92 Å². The second-order valence-corrected chi connectivity index (χ2v) is 8.98. The molecule has 2 unspecified atom stereocenters. The van der Waals surface area contributed by atoms with E-state index in [9.17, 15) is 23.6 Å². The number of likely N-dealkylation sites (tertiary alicyclic amines) is 1. The van der Waals surface area contributed by atoms with Crippen molar-refractivity contribution >= 4 is 12.1 Å². The molecule has 3 amide bonds. The molecule has 0 saturated carbocycles. The van der Waals surface area contributed by atoms with Crippen molar-refractivity contribution in [3.05, 3.63) is 70.8 Å². The number of hydrogen-bond donors (Lipinski definition) is 1. The summed E-state index contributed by atoms with van der Waals surface area (Å²) >= 11 is 0. The fourth-order valence-electron chi connectivity index (χ4n) is 4.93. The summed E-state index contributed by atoms with van der Waals surface area (Å²) in [5, 5.41) is 12.1. The van der Waals surface area contributed by atoms with Crippen LogP contribution in [0.1, 0.15) is 54.8 Å². The van der Waals surface area contributed by atoms with Gasteiger partial charge in [0.1, 0.15) is 12.1 Å². The van der Waals surface area contributed by atoms with Gasteiger partial charge in [-0.1, -0.05) is 24.3 Å². The lowest BCUT2D eigenvalue weighted by atomic mass is 9.87. The van der Waals surface area contributed by atoms with Crippen LogP contribution in [0.4, 0.5) is 18.4 Å². The maximum Gasteiger partial charge on any atom is 0.419 e. The number of halogens is 2. The van der Waals surface area contributed by atoms with E-state index in [0.29, 0.717) is 24.4 Å². The molecule has 0 spiro atoms. The Labute approximate surface area is 203 Å². The van der Waals surface area contributed by atoms with Gasteiger partial charge >= 0.3 is 12.1 Å². The molecular weight excluding hydrogens is 454 g/mol. The Bertz CT molecular complexity index is 1130. The van der Waals surface area contributed by atoms with E-state index in [1.165, 1.54) is 6.07 Å². The van der Waals surface area contributed by atoms with Crippen LogP contribution >= 0.6 is 0 Å².